The normalized spacial score (nSPS) is 12.2. The van der Waals surface area contributed by atoms with Crippen LogP contribution in [-0.2, 0) is 7.05 Å². The van der Waals surface area contributed by atoms with E-state index in [0.29, 0.717) is 11.4 Å². The van der Waals surface area contributed by atoms with Gasteiger partial charge in [-0.15, -0.1) is 10.2 Å². The third-order valence-corrected chi connectivity index (χ3v) is 3.13. The summed E-state index contributed by atoms with van der Waals surface area (Å²) in [7, 11) is 1.78. The summed E-state index contributed by atoms with van der Waals surface area (Å²) in [4.78, 5) is 12.1. The summed E-state index contributed by atoms with van der Waals surface area (Å²) in [5.41, 5.74) is 6.43. The van der Waals surface area contributed by atoms with Gasteiger partial charge in [0, 0.05) is 23.9 Å². The molecule has 0 aliphatic carbocycles. The molecule has 0 radical (unpaired) electrons. The molecule has 1 atom stereocenters. The van der Waals surface area contributed by atoms with Crippen LogP contribution in [0.25, 0.3) is 0 Å². The number of carbonyl (C=O) groups is 1. The van der Waals surface area contributed by atoms with Gasteiger partial charge in [-0.2, -0.15) is 0 Å². The molecule has 6 nitrogen and oxygen atoms in total. The Morgan fingerprint density at radius 3 is 2.75 bits per heavy atom. The molecule has 1 aromatic heterocycles. The molecule has 2 aromatic rings. The predicted octanol–water partition coefficient (Wildman–Crippen LogP) is 1.34. The lowest BCUT2D eigenvalue weighted by molar-refractivity contribution is 0.0937. The van der Waals surface area contributed by atoms with Crippen molar-refractivity contribution in [2.24, 2.45) is 7.05 Å². The monoisotopic (exact) mass is 277 g/mol. The zero-order valence-corrected chi connectivity index (χ0v) is 11.5. The summed E-state index contributed by atoms with van der Waals surface area (Å²) in [6.07, 6.45) is 1.54. The van der Waals surface area contributed by atoms with Gasteiger partial charge in [-0.3, -0.25) is 4.79 Å². The maximum atomic E-state index is 13.6. The molecule has 0 spiro atoms. The molecule has 0 saturated heterocycles. The maximum Gasteiger partial charge on any atom is 0.252 e. The van der Waals surface area contributed by atoms with Gasteiger partial charge in [0.2, 0.25) is 0 Å². The molecule has 0 saturated carbocycles. The fourth-order valence-corrected chi connectivity index (χ4v) is 1.86. The minimum absolute atomic E-state index is 0.180. The van der Waals surface area contributed by atoms with Crippen LogP contribution in [0, 0.1) is 12.7 Å². The van der Waals surface area contributed by atoms with Gasteiger partial charge in [0.1, 0.15) is 12.1 Å². The van der Waals surface area contributed by atoms with E-state index in [0.717, 1.165) is 0 Å². The van der Waals surface area contributed by atoms with Crippen molar-refractivity contribution in [3.63, 3.8) is 0 Å². The number of rotatable bonds is 3. The Balaban J connectivity index is 2.19. The number of aromatic nitrogens is 3. The summed E-state index contributed by atoms with van der Waals surface area (Å²) in [6.45, 7) is 3.34. The highest BCUT2D eigenvalue weighted by molar-refractivity contribution is 5.95. The Hall–Kier alpha value is -2.44. The van der Waals surface area contributed by atoms with Crippen molar-refractivity contribution < 1.29 is 9.18 Å². The average Bonchev–Trinajstić information content (AvgIpc) is 2.81. The summed E-state index contributed by atoms with van der Waals surface area (Å²) in [5, 5.41) is 10.4. The molecular weight excluding hydrogens is 261 g/mol. The zero-order valence-electron chi connectivity index (χ0n) is 11.5. The van der Waals surface area contributed by atoms with E-state index in [2.05, 4.69) is 15.5 Å². The number of nitrogen functional groups attached to an aromatic ring is 1. The molecule has 1 heterocycles. The second kappa shape index (κ2) is 5.28. The molecule has 106 valence electrons. The van der Waals surface area contributed by atoms with Crippen molar-refractivity contribution in [1.82, 2.24) is 20.1 Å². The molecule has 2 rings (SSSR count). The van der Waals surface area contributed by atoms with E-state index in [1.807, 2.05) is 0 Å². The van der Waals surface area contributed by atoms with Crippen LogP contribution < -0.4 is 11.1 Å². The van der Waals surface area contributed by atoms with E-state index in [1.165, 1.54) is 12.1 Å². The Labute approximate surface area is 115 Å². The minimum atomic E-state index is -0.499. The van der Waals surface area contributed by atoms with Gasteiger partial charge in [-0.05, 0) is 26.0 Å². The van der Waals surface area contributed by atoms with Crippen LogP contribution in [0.3, 0.4) is 0 Å². The second-order valence-electron chi connectivity index (χ2n) is 4.67. The SMILES string of the molecule is Cc1c(N)cc(C(=O)NC(C)c2nncn2C)cc1F. The van der Waals surface area contributed by atoms with E-state index in [1.54, 1.807) is 31.8 Å². The molecule has 1 amide bonds. The van der Waals surface area contributed by atoms with Gasteiger partial charge in [0.15, 0.2) is 5.82 Å². The lowest BCUT2D eigenvalue weighted by atomic mass is 10.1. The number of benzene rings is 1. The zero-order chi connectivity index (χ0) is 14.9. The van der Waals surface area contributed by atoms with Crippen molar-refractivity contribution in [3.05, 3.63) is 41.2 Å². The van der Waals surface area contributed by atoms with Gasteiger partial charge >= 0.3 is 0 Å². The minimum Gasteiger partial charge on any atom is -0.398 e. The summed E-state index contributed by atoms with van der Waals surface area (Å²) in [6, 6.07) is 2.28. The number of hydrogen-bond acceptors (Lipinski definition) is 4. The van der Waals surface area contributed by atoms with Crippen molar-refractivity contribution >= 4 is 11.6 Å². The first-order valence-corrected chi connectivity index (χ1v) is 6.10. The lowest BCUT2D eigenvalue weighted by Gasteiger charge is -2.13. The summed E-state index contributed by atoms with van der Waals surface area (Å²) in [5.74, 6) is -0.300. The first-order chi connectivity index (χ1) is 9.40. The Bertz CT molecular complexity index is 629. The van der Waals surface area contributed by atoms with Crippen LogP contribution in [0.2, 0.25) is 0 Å². The highest BCUT2D eigenvalue weighted by Crippen LogP contribution is 2.18. The van der Waals surface area contributed by atoms with Crippen LogP contribution >= 0.6 is 0 Å². The molecule has 0 aliphatic heterocycles. The van der Waals surface area contributed by atoms with E-state index >= 15 is 0 Å². The number of hydrogen-bond donors (Lipinski definition) is 2. The first-order valence-electron chi connectivity index (χ1n) is 6.10. The molecule has 3 N–H and O–H groups in total. The van der Waals surface area contributed by atoms with Crippen molar-refractivity contribution in [2.45, 2.75) is 19.9 Å². The maximum absolute atomic E-state index is 13.6. The van der Waals surface area contributed by atoms with Crippen LogP contribution in [0.4, 0.5) is 10.1 Å². The van der Waals surface area contributed by atoms with Crippen molar-refractivity contribution in [3.8, 4) is 0 Å². The van der Waals surface area contributed by atoms with Crippen molar-refractivity contribution in [2.75, 3.05) is 5.73 Å². The molecular formula is C13H16FN5O. The molecule has 20 heavy (non-hydrogen) atoms. The highest BCUT2D eigenvalue weighted by atomic mass is 19.1. The number of nitrogens with two attached hydrogens (primary N) is 1. The number of anilines is 1. The lowest BCUT2D eigenvalue weighted by Crippen LogP contribution is -2.28. The molecule has 7 heteroatoms. The molecule has 0 bridgehead atoms. The van der Waals surface area contributed by atoms with E-state index in [9.17, 15) is 9.18 Å². The topological polar surface area (TPSA) is 85.8 Å². The van der Waals surface area contributed by atoms with Crippen LogP contribution in [-0.4, -0.2) is 20.7 Å². The Morgan fingerprint density at radius 2 is 2.20 bits per heavy atom. The van der Waals surface area contributed by atoms with E-state index in [-0.39, 0.29) is 17.3 Å². The number of nitrogens with one attached hydrogen (secondary N) is 1. The number of amides is 1. The number of halogens is 1. The van der Waals surface area contributed by atoms with Gasteiger partial charge in [-0.1, -0.05) is 0 Å². The van der Waals surface area contributed by atoms with Gasteiger partial charge < -0.3 is 15.6 Å². The molecule has 0 aliphatic rings. The quantitative estimate of drug-likeness (QED) is 0.829. The fourth-order valence-electron chi connectivity index (χ4n) is 1.86. The van der Waals surface area contributed by atoms with Gasteiger partial charge in [0.25, 0.3) is 5.91 Å². The van der Waals surface area contributed by atoms with Crippen LogP contribution in [0.15, 0.2) is 18.5 Å². The van der Waals surface area contributed by atoms with Gasteiger partial charge in [0.05, 0.1) is 6.04 Å². The van der Waals surface area contributed by atoms with Gasteiger partial charge in [-0.25, -0.2) is 4.39 Å². The standard InChI is InChI=1S/C13H16FN5O/c1-7-10(14)4-9(5-11(7)15)13(20)17-8(2)12-18-16-6-19(12)3/h4-6,8H,15H2,1-3H3,(H,17,20). The molecule has 1 aromatic carbocycles. The van der Waals surface area contributed by atoms with Crippen LogP contribution in [0.5, 0.6) is 0 Å². The average molecular weight is 277 g/mol. The summed E-state index contributed by atoms with van der Waals surface area (Å²) >= 11 is 0. The smallest absolute Gasteiger partial charge is 0.252 e. The summed E-state index contributed by atoms with van der Waals surface area (Å²) < 4.78 is 15.3. The second-order valence-corrected chi connectivity index (χ2v) is 4.67. The fraction of sp³-hybridized carbons (Fsp3) is 0.308. The van der Waals surface area contributed by atoms with Crippen LogP contribution in [0.1, 0.15) is 34.7 Å². The third kappa shape index (κ3) is 2.61. The Morgan fingerprint density at radius 1 is 1.50 bits per heavy atom. The van der Waals surface area contributed by atoms with E-state index < -0.39 is 11.7 Å². The Kier molecular flexibility index (Phi) is 3.69. The number of nitrogens with zero attached hydrogens (tertiary/aromatic N) is 3. The number of carbonyl (C=O) groups excluding carboxylic acids is 1. The first kappa shape index (κ1) is 14.0. The number of aryl methyl sites for hydroxylation is 1. The highest BCUT2D eigenvalue weighted by Gasteiger charge is 2.17. The largest absolute Gasteiger partial charge is 0.398 e. The third-order valence-electron chi connectivity index (χ3n) is 3.13. The molecule has 0 fully saturated rings. The predicted molar refractivity (Wildman–Crippen MR) is 72.4 cm³/mol. The van der Waals surface area contributed by atoms with E-state index in [4.69, 9.17) is 5.73 Å². The molecule has 1 unspecified atom stereocenters. The van der Waals surface area contributed by atoms with Crippen molar-refractivity contribution in [1.29, 1.82) is 0 Å².